The van der Waals surface area contributed by atoms with Crippen molar-refractivity contribution in [1.82, 2.24) is 5.32 Å². The zero-order chi connectivity index (χ0) is 16.0. The van der Waals surface area contributed by atoms with Crippen LogP contribution in [0.25, 0.3) is 0 Å². The molecule has 5 heteroatoms. The standard InChI is InChI=1S/C16H25N3O2/c1-5-6-13(17)16(21)18-9-14(20)19-15-11(3)7-10(2)8-12(15)4/h7-8,13H,5-6,9,17H2,1-4H3,(H,18,21)(H,19,20). The van der Waals surface area contributed by atoms with Crippen molar-refractivity contribution in [2.24, 2.45) is 5.73 Å². The Morgan fingerprint density at radius 1 is 1.19 bits per heavy atom. The van der Waals surface area contributed by atoms with Gasteiger partial charge in [-0.3, -0.25) is 9.59 Å². The van der Waals surface area contributed by atoms with Crippen molar-refractivity contribution >= 4 is 17.5 Å². The Labute approximate surface area is 126 Å². The minimum Gasteiger partial charge on any atom is -0.346 e. The fourth-order valence-electron chi connectivity index (χ4n) is 2.30. The monoisotopic (exact) mass is 291 g/mol. The van der Waals surface area contributed by atoms with Crippen LogP contribution in [0.2, 0.25) is 0 Å². The van der Waals surface area contributed by atoms with Crippen LogP contribution in [0.3, 0.4) is 0 Å². The number of benzene rings is 1. The molecule has 0 aliphatic heterocycles. The number of carbonyl (C=O) groups excluding carboxylic acids is 2. The number of hydrogen-bond acceptors (Lipinski definition) is 3. The molecule has 0 heterocycles. The summed E-state index contributed by atoms with van der Waals surface area (Å²) in [6, 6.07) is 3.47. The maximum Gasteiger partial charge on any atom is 0.243 e. The van der Waals surface area contributed by atoms with Crippen LogP contribution in [0.15, 0.2) is 12.1 Å². The molecular formula is C16H25N3O2. The molecule has 0 fully saturated rings. The van der Waals surface area contributed by atoms with E-state index in [1.165, 1.54) is 0 Å². The number of hydrogen-bond donors (Lipinski definition) is 3. The first-order valence-electron chi connectivity index (χ1n) is 7.26. The summed E-state index contributed by atoms with van der Waals surface area (Å²) in [6.07, 6.45) is 1.45. The number of nitrogens with two attached hydrogens (primary N) is 1. The lowest BCUT2D eigenvalue weighted by Gasteiger charge is -2.14. The van der Waals surface area contributed by atoms with Crippen LogP contribution in [-0.2, 0) is 9.59 Å². The lowest BCUT2D eigenvalue weighted by molar-refractivity contribution is -0.125. The zero-order valence-electron chi connectivity index (χ0n) is 13.2. The number of nitrogens with one attached hydrogen (secondary N) is 2. The Morgan fingerprint density at radius 2 is 1.76 bits per heavy atom. The minimum atomic E-state index is -0.550. The van der Waals surface area contributed by atoms with E-state index in [0.717, 1.165) is 28.8 Å². The van der Waals surface area contributed by atoms with E-state index in [4.69, 9.17) is 5.73 Å². The number of carbonyl (C=O) groups is 2. The summed E-state index contributed by atoms with van der Waals surface area (Å²) in [7, 11) is 0. The molecular weight excluding hydrogens is 266 g/mol. The quantitative estimate of drug-likeness (QED) is 0.747. The van der Waals surface area contributed by atoms with Crippen molar-refractivity contribution in [2.75, 3.05) is 11.9 Å². The van der Waals surface area contributed by atoms with E-state index < -0.39 is 6.04 Å². The van der Waals surface area contributed by atoms with Gasteiger partial charge in [0.15, 0.2) is 0 Å². The average molecular weight is 291 g/mol. The van der Waals surface area contributed by atoms with Crippen LogP contribution >= 0.6 is 0 Å². The maximum atomic E-state index is 11.9. The minimum absolute atomic E-state index is 0.0665. The third-order valence-electron chi connectivity index (χ3n) is 3.30. The largest absolute Gasteiger partial charge is 0.346 e. The van der Waals surface area contributed by atoms with Crippen LogP contribution < -0.4 is 16.4 Å². The summed E-state index contributed by atoms with van der Waals surface area (Å²) in [5, 5.41) is 5.40. The fraction of sp³-hybridized carbons (Fsp3) is 0.500. The van der Waals surface area contributed by atoms with E-state index in [0.29, 0.717) is 6.42 Å². The molecule has 1 aromatic rings. The van der Waals surface area contributed by atoms with Gasteiger partial charge < -0.3 is 16.4 Å². The van der Waals surface area contributed by atoms with E-state index in [9.17, 15) is 9.59 Å². The van der Waals surface area contributed by atoms with E-state index >= 15 is 0 Å². The topological polar surface area (TPSA) is 84.2 Å². The van der Waals surface area contributed by atoms with Crippen molar-refractivity contribution in [3.05, 3.63) is 28.8 Å². The Balaban J connectivity index is 2.57. The van der Waals surface area contributed by atoms with Crippen LogP contribution in [-0.4, -0.2) is 24.4 Å². The predicted molar refractivity (Wildman–Crippen MR) is 85.2 cm³/mol. The Hall–Kier alpha value is -1.88. The molecule has 0 aromatic heterocycles. The summed E-state index contributed by atoms with van der Waals surface area (Å²) in [5.74, 6) is -0.536. The lowest BCUT2D eigenvalue weighted by atomic mass is 10.1. The molecule has 2 amide bonds. The first-order valence-corrected chi connectivity index (χ1v) is 7.26. The lowest BCUT2D eigenvalue weighted by Crippen LogP contribution is -2.43. The number of aryl methyl sites for hydroxylation is 3. The first-order chi connectivity index (χ1) is 9.85. The van der Waals surface area contributed by atoms with Gasteiger partial charge in [0.2, 0.25) is 11.8 Å². The van der Waals surface area contributed by atoms with Crippen LogP contribution in [0.1, 0.15) is 36.5 Å². The van der Waals surface area contributed by atoms with Crippen molar-refractivity contribution in [1.29, 1.82) is 0 Å². The molecule has 1 atom stereocenters. The molecule has 0 spiro atoms. The summed E-state index contributed by atoms with van der Waals surface area (Å²) >= 11 is 0. The molecule has 1 rings (SSSR count). The van der Waals surface area contributed by atoms with Gasteiger partial charge in [-0.1, -0.05) is 31.0 Å². The van der Waals surface area contributed by atoms with E-state index in [2.05, 4.69) is 10.6 Å². The highest BCUT2D eigenvalue weighted by Crippen LogP contribution is 2.21. The highest BCUT2D eigenvalue weighted by molar-refractivity contribution is 5.96. The summed E-state index contributed by atoms with van der Waals surface area (Å²) in [6.45, 7) is 7.81. The molecule has 0 aliphatic rings. The second-order valence-electron chi connectivity index (χ2n) is 5.43. The normalized spacial score (nSPS) is 11.9. The van der Waals surface area contributed by atoms with E-state index in [1.807, 2.05) is 39.8 Å². The van der Waals surface area contributed by atoms with Crippen molar-refractivity contribution in [2.45, 2.75) is 46.6 Å². The van der Waals surface area contributed by atoms with Gasteiger partial charge >= 0.3 is 0 Å². The molecule has 0 bridgehead atoms. The Morgan fingerprint density at radius 3 is 2.29 bits per heavy atom. The molecule has 116 valence electrons. The SMILES string of the molecule is CCCC(N)C(=O)NCC(=O)Nc1c(C)cc(C)cc1C. The van der Waals surface area contributed by atoms with Gasteiger partial charge in [0, 0.05) is 5.69 Å². The summed E-state index contributed by atoms with van der Waals surface area (Å²) < 4.78 is 0. The van der Waals surface area contributed by atoms with Crippen LogP contribution in [0.4, 0.5) is 5.69 Å². The van der Waals surface area contributed by atoms with E-state index in [-0.39, 0.29) is 18.4 Å². The maximum absolute atomic E-state index is 11.9. The molecule has 0 saturated heterocycles. The second kappa shape index (κ2) is 7.78. The van der Waals surface area contributed by atoms with Crippen molar-refractivity contribution in [3.8, 4) is 0 Å². The van der Waals surface area contributed by atoms with Gasteiger partial charge in [0.25, 0.3) is 0 Å². The molecule has 21 heavy (non-hydrogen) atoms. The number of rotatable bonds is 6. The molecule has 0 radical (unpaired) electrons. The molecule has 4 N–H and O–H groups in total. The van der Waals surface area contributed by atoms with E-state index in [1.54, 1.807) is 0 Å². The van der Waals surface area contributed by atoms with Crippen LogP contribution in [0.5, 0.6) is 0 Å². The van der Waals surface area contributed by atoms with Crippen molar-refractivity contribution < 1.29 is 9.59 Å². The van der Waals surface area contributed by atoms with Gasteiger partial charge in [0.05, 0.1) is 12.6 Å². The highest BCUT2D eigenvalue weighted by Gasteiger charge is 2.14. The van der Waals surface area contributed by atoms with Gasteiger partial charge in [-0.15, -0.1) is 0 Å². The molecule has 1 unspecified atom stereocenters. The molecule has 0 saturated carbocycles. The van der Waals surface area contributed by atoms with Crippen molar-refractivity contribution in [3.63, 3.8) is 0 Å². The molecule has 1 aromatic carbocycles. The van der Waals surface area contributed by atoms with Crippen LogP contribution in [0, 0.1) is 20.8 Å². The van der Waals surface area contributed by atoms with Gasteiger partial charge in [-0.25, -0.2) is 0 Å². The predicted octanol–water partition coefficient (Wildman–Crippen LogP) is 1.79. The van der Waals surface area contributed by atoms with Gasteiger partial charge in [-0.05, 0) is 38.3 Å². The summed E-state index contributed by atoms with van der Waals surface area (Å²) in [5.41, 5.74) is 9.66. The Kier molecular flexibility index (Phi) is 6.37. The highest BCUT2D eigenvalue weighted by atomic mass is 16.2. The fourth-order valence-corrected chi connectivity index (χ4v) is 2.30. The van der Waals surface area contributed by atoms with Gasteiger partial charge in [0.1, 0.15) is 0 Å². The summed E-state index contributed by atoms with van der Waals surface area (Å²) in [4.78, 5) is 23.6. The third kappa shape index (κ3) is 5.19. The second-order valence-corrected chi connectivity index (χ2v) is 5.43. The smallest absolute Gasteiger partial charge is 0.243 e. The Bertz CT molecular complexity index is 503. The molecule has 5 nitrogen and oxygen atoms in total. The van der Waals surface area contributed by atoms with Gasteiger partial charge in [-0.2, -0.15) is 0 Å². The zero-order valence-corrected chi connectivity index (χ0v) is 13.2. The number of amides is 2. The first kappa shape index (κ1) is 17.2. The third-order valence-corrected chi connectivity index (χ3v) is 3.30. The molecule has 0 aliphatic carbocycles. The average Bonchev–Trinajstić information content (AvgIpc) is 2.40. The number of anilines is 1.